The van der Waals surface area contributed by atoms with E-state index in [0.717, 1.165) is 50.4 Å². The van der Waals surface area contributed by atoms with Crippen LogP contribution in [-0.4, -0.2) is 0 Å². The van der Waals surface area contributed by atoms with Crippen molar-refractivity contribution < 1.29 is 0 Å². The molecule has 380 valence electrons. The number of nitrogens with zero attached hydrogens (tertiary/aromatic N) is 1. The molecule has 0 saturated heterocycles. The number of rotatable bonds is 6. The lowest BCUT2D eigenvalue weighted by Crippen LogP contribution is -2.26. The first-order valence-corrected chi connectivity index (χ1v) is 28.1. The Bertz CT molecular complexity index is 4000. The van der Waals surface area contributed by atoms with Gasteiger partial charge in [-0.15, -0.1) is 0 Å². The minimum absolute atomic E-state index is 0.721. The van der Waals surface area contributed by atoms with Crippen molar-refractivity contribution in [2.75, 3.05) is 4.90 Å². The highest BCUT2D eigenvalue weighted by Crippen LogP contribution is 2.56. The molecule has 0 heterocycles. The highest BCUT2D eigenvalue weighted by Gasteiger charge is 2.46. The van der Waals surface area contributed by atoms with Crippen molar-refractivity contribution in [3.8, 4) is 68.9 Å². The lowest BCUT2D eigenvalue weighted by Gasteiger charge is -2.31. The van der Waals surface area contributed by atoms with E-state index in [1.807, 2.05) is 18.2 Å². The highest BCUT2D eigenvalue weighted by atomic mass is 15.1. The first-order valence-electron chi connectivity index (χ1n) is 28.1. The van der Waals surface area contributed by atoms with Gasteiger partial charge in [0.25, 0.3) is 0 Å². The van der Waals surface area contributed by atoms with Crippen LogP contribution in [0.2, 0.25) is 0 Å². The van der Waals surface area contributed by atoms with Gasteiger partial charge in [0.2, 0.25) is 0 Å². The largest absolute Gasteiger partial charge is 0.311 e. The van der Waals surface area contributed by atoms with E-state index in [1.165, 1.54) is 66.8 Å². The molecule has 12 aromatic carbocycles. The van der Waals surface area contributed by atoms with Crippen molar-refractivity contribution in [3.63, 3.8) is 0 Å². The average Bonchev–Trinajstić information content (AvgIpc) is 4.26. The van der Waals surface area contributed by atoms with Gasteiger partial charge >= 0.3 is 0 Å². The van der Waals surface area contributed by atoms with Gasteiger partial charge in [0.05, 0.1) is 0 Å². The van der Waals surface area contributed by atoms with E-state index in [4.69, 9.17) is 0 Å². The summed E-state index contributed by atoms with van der Waals surface area (Å²) in [6, 6.07) is 111. The van der Waals surface area contributed by atoms with E-state index in [0.29, 0.717) is 0 Å². The van der Waals surface area contributed by atoms with Crippen LogP contribution in [0.5, 0.6) is 0 Å². The minimum atomic E-state index is -0.721. The smallest absolute Gasteiger partial charge is 0.108 e. The third kappa shape index (κ3) is 7.62. The van der Waals surface area contributed by atoms with Crippen LogP contribution in [0.3, 0.4) is 0 Å². The first-order chi connectivity index (χ1) is 40.6. The summed E-state index contributed by atoms with van der Waals surface area (Å²) in [5.74, 6) is 22.7. The lowest BCUT2D eigenvalue weighted by atomic mass is 9.72. The van der Waals surface area contributed by atoms with Crippen molar-refractivity contribution in [1.29, 1.82) is 0 Å². The van der Waals surface area contributed by atoms with Crippen LogP contribution in [0.15, 0.2) is 309 Å². The summed E-state index contributed by atoms with van der Waals surface area (Å²) in [7, 11) is 0. The Labute approximate surface area is 480 Å². The molecule has 3 aliphatic carbocycles. The molecule has 0 unspecified atom stereocenters. The van der Waals surface area contributed by atoms with Gasteiger partial charge in [0, 0.05) is 33.8 Å². The molecular weight excluding hydrogens is 987 g/mol. The fraction of sp³-hybridized carbons (Fsp3) is 0.0370. The van der Waals surface area contributed by atoms with Crippen LogP contribution in [0.4, 0.5) is 17.1 Å². The molecule has 12 aromatic rings. The quantitative estimate of drug-likeness (QED) is 0.150. The Morgan fingerprint density at radius 3 is 0.610 bits per heavy atom. The van der Waals surface area contributed by atoms with E-state index >= 15 is 0 Å². The molecule has 82 heavy (non-hydrogen) atoms. The zero-order valence-corrected chi connectivity index (χ0v) is 44.9. The molecule has 1 nitrogen and oxygen atoms in total. The maximum Gasteiger partial charge on any atom is 0.108 e. The van der Waals surface area contributed by atoms with Crippen LogP contribution >= 0.6 is 0 Å². The molecular formula is C81H51N. The molecule has 0 atom stereocenters. The van der Waals surface area contributed by atoms with Crippen molar-refractivity contribution >= 4 is 17.1 Å². The molecule has 0 radical (unpaired) electrons. The van der Waals surface area contributed by atoms with Crippen LogP contribution < -0.4 is 4.90 Å². The van der Waals surface area contributed by atoms with Crippen molar-refractivity contribution in [1.82, 2.24) is 0 Å². The Morgan fingerprint density at radius 1 is 0.195 bits per heavy atom. The maximum absolute atomic E-state index is 3.91. The second-order valence-corrected chi connectivity index (χ2v) is 21.3. The zero-order valence-electron chi connectivity index (χ0n) is 44.9. The summed E-state index contributed by atoms with van der Waals surface area (Å²) in [6.45, 7) is 0. The number of hydrogen-bond acceptors (Lipinski definition) is 1. The van der Waals surface area contributed by atoms with Gasteiger partial charge in [-0.1, -0.05) is 272 Å². The Kier molecular flexibility index (Phi) is 11.6. The fourth-order valence-electron chi connectivity index (χ4n) is 13.3. The van der Waals surface area contributed by atoms with E-state index in [9.17, 15) is 0 Å². The van der Waals surface area contributed by atoms with E-state index in [-0.39, 0.29) is 0 Å². The highest BCUT2D eigenvalue weighted by molar-refractivity contribution is 5.90. The Morgan fingerprint density at radius 2 is 0.390 bits per heavy atom. The standard InChI is InChI=1S/C81H51N/c1-4-22-58(23-5-1)52-55-79(73-34-16-10-28-67(73)68-29-11-17-35-74(68)79)61-40-46-64(47-41-61)82(65-48-42-62(43-49-65)80(56-53-59-24-6-2-7-25-59)75-36-18-12-30-69(75)70-31-13-19-37-76(70)80)66-50-44-63(45-51-66)81(57-54-60-26-8-3-9-27-60)77-38-20-14-32-71(77)72-33-15-21-39-78(72)81/h1-51H. The summed E-state index contributed by atoms with van der Waals surface area (Å²) in [5.41, 5.74) is 21.6. The molecule has 0 fully saturated rings. The molecule has 0 saturated carbocycles. The Hall–Kier alpha value is -10.9. The number of anilines is 3. The molecule has 15 rings (SSSR count). The van der Waals surface area contributed by atoms with Crippen LogP contribution in [0.1, 0.15) is 66.8 Å². The van der Waals surface area contributed by atoms with Gasteiger partial charge < -0.3 is 4.90 Å². The monoisotopic (exact) mass is 1040 g/mol. The van der Waals surface area contributed by atoms with E-state index in [2.05, 4.69) is 332 Å². The van der Waals surface area contributed by atoms with Crippen molar-refractivity contribution in [2.24, 2.45) is 0 Å². The number of hydrogen-bond donors (Lipinski definition) is 0. The SMILES string of the molecule is C(#CC1(c2ccc(N(c3ccc(C4(C#Cc5ccccc5)c5ccccc5-c5ccccc54)cc3)c3ccc(C4(C#Cc5ccccc5)c5ccccc5-c5ccccc54)cc3)cc2)c2ccccc2-c2ccccc21)c1ccccc1. The van der Waals surface area contributed by atoms with Gasteiger partial charge in [-0.25, -0.2) is 0 Å². The molecule has 0 spiro atoms. The van der Waals surface area contributed by atoms with E-state index in [1.54, 1.807) is 0 Å². The van der Waals surface area contributed by atoms with E-state index < -0.39 is 16.2 Å². The normalized spacial score (nSPS) is 13.6. The van der Waals surface area contributed by atoms with Crippen LogP contribution in [0.25, 0.3) is 33.4 Å². The van der Waals surface area contributed by atoms with Gasteiger partial charge in [0.1, 0.15) is 16.2 Å². The van der Waals surface area contributed by atoms with Gasteiger partial charge in [0.15, 0.2) is 0 Å². The first kappa shape index (κ1) is 48.3. The minimum Gasteiger partial charge on any atom is -0.311 e. The summed E-state index contributed by atoms with van der Waals surface area (Å²) in [4.78, 5) is 2.38. The predicted octanol–water partition coefficient (Wildman–Crippen LogP) is 18.3. The van der Waals surface area contributed by atoms with Crippen molar-refractivity contribution in [3.05, 3.63) is 376 Å². The molecule has 0 N–H and O–H groups in total. The number of benzene rings is 12. The summed E-state index contributed by atoms with van der Waals surface area (Å²) >= 11 is 0. The third-order valence-corrected chi connectivity index (χ3v) is 17.0. The predicted molar refractivity (Wildman–Crippen MR) is 336 cm³/mol. The Balaban J connectivity index is 0.912. The number of fused-ring (bicyclic) bond motifs is 9. The van der Waals surface area contributed by atoms with Gasteiger partial charge in [-0.2, -0.15) is 0 Å². The lowest BCUT2D eigenvalue weighted by molar-refractivity contribution is 0.835. The molecule has 1 heteroatoms. The molecule has 0 aliphatic heterocycles. The second-order valence-electron chi connectivity index (χ2n) is 21.3. The average molecular weight is 1040 g/mol. The summed E-state index contributed by atoms with van der Waals surface area (Å²) in [6.07, 6.45) is 0. The molecule has 0 aromatic heterocycles. The van der Waals surface area contributed by atoms with Crippen molar-refractivity contribution in [2.45, 2.75) is 16.2 Å². The molecule has 3 aliphatic rings. The fourth-order valence-corrected chi connectivity index (χ4v) is 13.3. The van der Waals surface area contributed by atoms with Crippen LogP contribution in [0, 0.1) is 35.5 Å². The second kappa shape index (κ2) is 19.8. The van der Waals surface area contributed by atoms with Crippen LogP contribution in [-0.2, 0) is 16.2 Å². The zero-order chi connectivity index (χ0) is 54.5. The molecule has 0 bridgehead atoms. The maximum atomic E-state index is 3.91. The van der Waals surface area contributed by atoms with Gasteiger partial charge in [-0.05, 0) is 156 Å². The topological polar surface area (TPSA) is 3.24 Å². The molecule has 0 amide bonds. The summed E-state index contributed by atoms with van der Waals surface area (Å²) < 4.78 is 0. The third-order valence-electron chi connectivity index (χ3n) is 17.0. The summed E-state index contributed by atoms with van der Waals surface area (Å²) in [5, 5.41) is 0. The van der Waals surface area contributed by atoms with Gasteiger partial charge in [-0.3, -0.25) is 0 Å².